The minimum atomic E-state index is -2.35. The Morgan fingerprint density at radius 3 is 1.99 bits per heavy atom. The molecule has 0 radical (unpaired) electrons. The smallest absolute Gasteiger partial charge is 0.325 e. The number of nitrogens with two attached hydrogens (primary N) is 1. The van der Waals surface area contributed by atoms with E-state index < -0.39 is 204 Å². The third-order valence-electron chi connectivity index (χ3n) is 24.9. The fourth-order valence-electron chi connectivity index (χ4n) is 18.7. The Hall–Kier alpha value is -10.8. The Morgan fingerprint density at radius 2 is 1.34 bits per heavy atom. The molecule has 676 valence electrons. The molecule has 0 aromatic heterocycles. The molecule has 4 saturated carbocycles. The summed E-state index contributed by atoms with van der Waals surface area (Å²) in [7, 11) is 1.50. The van der Waals surface area contributed by atoms with Gasteiger partial charge in [-0.05, 0) is 239 Å². The number of imide groups is 1. The summed E-state index contributed by atoms with van der Waals surface area (Å²) < 4.78 is 45.2. The Kier molecular flexibility index (Phi) is 27.8. The zero-order valence-electron chi connectivity index (χ0n) is 70.6. The molecule has 21 N–H and O–H groups in total. The number of rotatable bonds is 20. The highest BCUT2D eigenvalue weighted by Gasteiger charge is 2.53. The van der Waals surface area contributed by atoms with Gasteiger partial charge in [-0.3, -0.25) is 43.7 Å². The van der Waals surface area contributed by atoms with E-state index in [4.69, 9.17) is 50.5 Å². The number of aliphatic hydroxyl groups is 6. The second kappa shape index (κ2) is 38.4. The van der Waals surface area contributed by atoms with Crippen LogP contribution in [0.3, 0.4) is 0 Å². The molecule has 17 rings (SSSR count). The molecular weight excluding hydrogens is 1660 g/mol. The summed E-state index contributed by atoms with van der Waals surface area (Å²) in [4.78, 5) is 139. The number of aromatic hydroxyl groups is 2. The highest BCUT2D eigenvalue weighted by Crippen LogP contribution is 2.55. The number of benzene rings is 6. The van der Waals surface area contributed by atoms with E-state index in [9.17, 15) is 55.2 Å². The van der Waals surface area contributed by atoms with Crippen LogP contribution in [0.1, 0.15) is 155 Å². The van der Waals surface area contributed by atoms with Crippen LogP contribution in [0.25, 0.3) is 11.1 Å². The normalized spacial score (nSPS) is 30.2. The van der Waals surface area contributed by atoms with Crippen molar-refractivity contribution in [1.82, 2.24) is 53.2 Å². The predicted octanol–water partition coefficient (Wildman–Crippen LogP) is 4.07. The van der Waals surface area contributed by atoms with E-state index in [1.54, 1.807) is 19.1 Å². The molecule has 10 amide bonds. The average molecular weight is 1770 g/mol. The number of phenolic OH excluding ortho intramolecular Hbond substituents is 2. The minimum Gasteiger partial charge on any atom is -0.508 e. The van der Waals surface area contributed by atoms with Crippen molar-refractivity contribution in [3.8, 4) is 57.1 Å². The lowest BCUT2D eigenvalue weighted by molar-refractivity contribution is -0.333. The first kappa shape index (κ1) is 91.4. The van der Waals surface area contributed by atoms with Crippen molar-refractivity contribution in [2.24, 2.45) is 35.3 Å². The molecule has 15 bridgehead atoms. The zero-order valence-corrected chi connectivity index (χ0v) is 71.4. The molecule has 6 fully saturated rings. The van der Waals surface area contributed by atoms with Gasteiger partial charge in [-0.1, -0.05) is 50.6 Å². The quantitative estimate of drug-likeness (QED) is 0.0479. The van der Waals surface area contributed by atoms with Crippen LogP contribution in [0.15, 0.2) is 103 Å². The molecule has 0 spiro atoms. The summed E-state index contributed by atoms with van der Waals surface area (Å²) in [5.41, 5.74) is 4.86. The van der Waals surface area contributed by atoms with Gasteiger partial charge in [0.1, 0.15) is 102 Å². The van der Waals surface area contributed by atoms with Crippen LogP contribution in [-0.4, -0.2) is 212 Å². The van der Waals surface area contributed by atoms with Gasteiger partial charge in [-0.15, -0.1) is 0 Å². The summed E-state index contributed by atoms with van der Waals surface area (Å²) in [5.74, 6) is -10.9. The van der Waals surface area contributed by atoms with Crippen LogP contribution in [0.4, 0.5) is 10.5 Å². The maximum absolute atomic E-state index is 16.7. The van der Waals surface area contributed by atoms with Gasteiger partial charge in [0.15, 0.2) is 23.9 Å². The lowest BCUT2D eigenvalue weighted by Gasteiger charge is -2.54. The Labute approximate surface area is 730 Å². The molecule has 11 aliphatic rings. The number of anilines is 1. The number of amides is 10. The Morgan fingerprint density at radius 1 is 0.690 bits per heavy atom. The lowest BCUT2D eigenvalue weighted by atomic mass is 9.54. The summed E-state index contributed by atoms with van der Waals surface area (Å²) in [6.07, 6.45) is -13.9. The topological polar surface area (TPSA) is 538 Å². The molecule has 2 saturated heterocycles. The second-order valence-electron chi connectivity index (χ2n) is 34.7. The summed E-state index contributed by atoms with van der Waals surface area (Å²) in [5, 5.41) is 125. The predicted molar refractivity (Wildman–Crippen MR) is 452 cm³/mol. The van der Waals surface area contributed by atoms with Crippen molar-refractivity contribution in [2.45, 2.75) is 215 Å². The summed E-state index contributed by atoms with van der Waals surface area (Å²) >= 11 is 7.33. The van der Waals surface area contributed by atoms with Crippen LogP contribution in [-0.2, 0) is 52.6 Å². The van der Waals surface area contributed by atoms with Crippen LogP contribution in [0, 0.1) is 43.4 Å². The highest BCUT2D eigenvalue weighted by molar-refractivity contribution is 6.32. The maximum Gasteiger partial charge on any atom is 0.325 e. The fourth-order valence-corrected chi connectivity index (χ4v) is 18.9. The Bertz CT molecular complexity index is 5090. The molecule has 36 nitrogen and oxygen atoms in total. The number of likely N-dealkylation sites (N-methyl/N-ethyl adjacent to an activating group) is 2. The van der Waals surface area contributed by atoms with Gasteiger partial charge in [-0.25, -0.2) is 4.79 Å². The van der Waals surface area contributed by atoms with E-state index in [0.29, 0.717) is 37.3 Å². The first-order chi connectivity index (χ1) is 60.0. The second-order valence-corrected chi connectivity index (χ2v) is 35.1. The largest absolute Gasteiger partial charge is 0.508 e. The van der Waals surface area contributed by atoms with Gasteiger partial charge in [-0.2, -0.15) is 0 Å². The maximum atomic E-state index is 16.7. The third kappa shape index (κ3) is 19.9. The van der Waals surface area contributed by atoms with E-state index in [1.807, 2.05) is 20.8 Å². The third-order valence-corrected chi connectivity index (χ3v) is 25.2. The van der Waals surface area contributed by atoms with Crippen LogP contribution >= 0.6 is 11.6 Å². The number of urea groups is 1. The number of carbonyl (C=O) groups is 9. The molecule has 0 unspecified atom stereocenters. The van der Waals surface area contributed by atoms with E-state index in [1.165, 1.54) is 107 Å². The Balaban J connectivity index is 0.951. The molecule has 37 heteroatoms. The molecular formula is C89H109ClN12O24. The molecule has 7 aliphatic heterocycles. The number of carbonyl (C=O) groups excluding carboxylic acids is 9. The number of aliphatic hydroxyl groups excluding tert-OH is 6. The highest BCUT2D eigenvalue weighted by atomic mass is 35.5. The van der Waals surface area contributed by atoms with Gasteiger partial charge in [0, 0.05) is 35.8 Å². The van der Waals surface area contributed by atoms with Crippen molar-refractivity contribution in [2.75, 3.05) is 38.7 Å². The van der Waals surface area contributed by atoms with Gasteiger partial charge in [0.05, 0.1) is 36.3 Å². The van der Waals surface area contributed by atoms with Crippen LogP contribution < -0.4 is 83.2 Å². The molecule has 6 aromatic carbocycles. The number of ether oxygens (including phenoxy) is 7. The monoisotopic (exact) mass is 1760 g/mol. The van der Waals surface area contributed by atoms with Crippen molar-refractivity contribution in [3.63, 3.8) is 0 Å². The number of nitrogens with one attached hydrogen (secondary N) is 11. The van der Waals surface area contributed by atoms with Gasteiger partial charge in [0.25, 0.3) is 0 Å². The van der Waals surface area contributed by atoms with Gasteiger partial charge >= 0.3 is 6.03 Å². The molecule has 18 atom stereocenters. The van der Waals surface area contributed by atoms with E-state index >= 15 is 28.8 Å². The van der Waals surface area contributed by atoms with Crippen molar-refractivity contribution < 1.29 is 117 Å². The first-order valence-electron chi connectivity index (χ1n) is 42.4. The summed E-state index contributed by atoms with van der Waals surface area (Å²) in [6, 6.07) is 7.14. The SMILES string of the molecule is CCNCCOc1ccc(NC(=O)NC(=O)C[C@@H]2NC(=O)[C@H](NC(=O)[C@@H](CC(C)C)NC)[C@H](O)c3ccc(c(C)c3)Oc3cc4cc(c3O[C@@H]3O[C@H](CO)[C@@H](O)[C@H](O)[C@H]3O[C@H]3C[C@](C)(N)[C@H](O)[C@H](C)O3)Oc3ccc(cc3Cl)[C@@H](O)[C@@H]3NC(=O)[C@H](NC(=O)[C@@H]4NC2=O)c2ccc(O)c(c2)-c2c(C)cc(O)cc2[C@@H](C(=O)NC2C4CC5CC(C4)CC2C5)NC3=O)cc1. The molecule has 4 aliphatic carbocycles. The first-order valence-corrected chi connectivity index (χ1v) is 42.8. The number of fused-ring (bicyclic) bond motifs is 15. The number of hydrogen-bond donors (Lipinski definition) is 20. The average Bonchev–Trinajstić information content (AvgIpc) is 0.750. The van der Waals surface area contributed by atoms with Gasteiger partial charge in [0.2, 0.25) is 59.3 Å². The fraction of sp³-hybridized carbons (Fsp3) is 0.494. The molecule has 6 aromatic rings. The number of hydrogen-bond acceptors (Lipinski definition) is 27. The van der Waals surface area contributed by atoms with E-state index in [-0.39, 0.29) is 109 Å². The standard InChI is InChI=1S/C89H109ClN12O24/c1-9-93-20-21-120-52-15-13-50(14-16-52)94-88(119)96-64(106)35-57-81(113)98-69-49-32-61(122-59-18-11-45(23-39(59)4)73(107)71(85(117)95-57)101-80(112)56(92-8)22-38(2)3)77(126-87-78(76(110)75(109)63(37-103)124-87)125-65-36-89(7,91)79(111)41(6)121-65)62(33-49)123-60-19-12-46(31-55(60)90)74(108)72-86(118)100-70(84(116)97-67-47-26-42-25-43(28-47)29-48(67)27-42)54-34-51(104)24-40(5)66(54)53-30-44(10-17-58(53)105)68(82(114)102-72)99-83(69)115/h10-19,23-24,30-34,38,41-43,47-48,56-57,63,65,67-76,78-79,87,92-93,103-105,107-111H,9,20-22,25-29,35-37,91H2,1-8H3,(H,95,117)(H,97,116)(H,98,113)(H,99,115)(H,100,118)(H,101,112)(H,102,114)(H2,94,96,106,119)/t41-,42?,43?,47?,48?,56+,57-,63+,65-,67?,68+,69+,70-,71+,72-,73+,74+,75+,76-,78+,79+,87-,89-/m0/s1. The minimum absolute atomic E-state index is 0.0459. The van der Waals surface area contributed by atoms with Gasteiger partial charge < -0.3 is 133 Å². The van der Waals surface area contributed by atoms with Crippen LogP contribution in [0.2, 0.25) is 5.02 Å². The number of halogens is 1. The van der Waals surface area contributed by atoms with Crippen molar-refractivity contribution in [1.29, 1.82) is 0 Å². The summed E-state index contributed by atoms with van der Waals surface area (Å²) in [6.45, 7) is 12.4. The molecule has 126 heavy (non-hydrogen) atoms. The number of phenols is 2. The number of aryl methyl sites for hydroxylation is 2. The molecule has 7 heterocycles. The lowest BCUT2D eigenvalue weighted by Crippen LogP contribution is -2.64. The van der Waals surface area contributed by atoms with Crippen molar-refractivity contribution in [3.05, 3.63) is 147 Å². The van der Waals surface area contributed by atoms with Crippen molar-refractivity contribution >= 4 is 70.6 Å². The van der Waals surface area contributed by atoms with E-state index in [2.05, 4.69) is 58.5 Å². The zero-order chi connectivity index (χ0) is 90.2. The van der Waals surface area contributed by atoms with Crippen LogP contribution in [0.5, 0.6) is 46.0 Å². The van der Waals surface area contributed by atoms with E-state index in [0.717, 1.165) is 44.2 Å².